The molecule has 0 saturated carbocycles. The number of aromatic hydroxyl groups is 1. The van der Waals surface area contributed by atoms with Gasteiger partial charge in [-0.2, -0.15) is 13.2 Å². The summed E-state index contributed by atoms with van der Waals surface area (Å²) in [7, 11) is 0. The first kappa shape index (κ1) is 12.4. The van der Waals surface area contributed by atoms with E-state index >= 15 is 0 Å². The summed E-state index contributed by atoms with van der Waals surface area (Å²) < 4.78 is 60.5. The van der Waals surface area contributed by atoms with Gasteiger partial charge in [-0.15, -0.1) is 0 Å². The predicted octanol–water partition coefficient (Wildman–Crippen LogP) is 3.35. The Morgan fingerprint density at radius 1 is 1.33 bits per heavy atom. The van der Waals surface area contributed by atoms with Crippen LogP contribution in [0.4, 0.5) is 22.0 Å². The molecule has 0 bridgehead atoms. The number of nitrogens with zero attached hydrogens (tertiary/aromatic N) is 1. The van der Waals surface area contributed by atoms with Crippen LogP contribution in [-0.4, -0.2) is 10.1 Å². The lowest BCUT2D eigenvalue weighted by atomic mass is 10.2. The molecule has 15 heavy (non-hydrogen) atoms. The van der Waals surface area contributed by atoms with E-state index in [4.69, 9.17) is 5.11 Å². The van der Waals surface area contributed by atoms with Gasteiger partial charge in [-0.1, -0.05) is 0 Å². The van der Waals surface area contributed by atoms with Gasteiger partial charge in [-0.05, 0) is 28.7 Å². The van der Waals surface area contributed by atoms with Crippen LogP contribution in [0.25, 0.3) is 0 Å². The van der Waals surface area contributed by atoms with Gasteiger partial charge >= 0.3 is 6.18 Å². The van der Waals surface area contributed by atoms with E-state index in [1.54, 1.807) is 0 Å². The third-order valence-electron chi connectivity index (χ3n) is 1.50. The smallest absolute Gasteiger partial charge is 0.420 e. The van der Waals surface area contributed by atoms with Crippen LogP contribution in [0.15, 0.2) is 6.07 Å². The molecule has 0 aliphatic carbocycles. The zero-order valence-electron chi connectivity index (χ0n) is 6.82. The van der Waals surface area contributed by atoms with E-state index in [1.165, 1.54) is 22.6 Å². The number of pyridine rings is 1. The van der Waals surface area contributed by atoms with Crippen LogP contribution in [0, 0.1) is 3.70 Å². The molecule has 0 spiro atoms. The maximum absolute atomic E-state index is 12.2. The second-order valence-corrected chi connectivity index (χ2v) is 3.55. The van der Waals surface area contributed by atoms with Crippen LogP contribution < -0.4 is 0 Å². The standard InChI is InChI=1S/C7H3F5INO/c8-5(9)3-1-2(7(10,11)12)4(15)6(13)14-3/h1,5,15H. The van der Waals surface area contributed by atoms with Crippen LogP contribution in [0.3, 0.4) is 0 Å². The highest BCUT2D eigenvalue weighted by molar-refractivity contribution is 14.1. The molecule has 1 aromatic rings. The number of hydrogen-bond acceptors (Lipinski definition) is 2. The van der Waals surface area contributed by atoms with Crippen molar-refractivity contribution in [2.75, 3.05) is 0 Å². The largest absolute Gasteiger partial charge is 0.505 e. The van der Waals surface area contributed by atoms with Gasteiger partial charge in [0, 0.05) is 0 Å². The highest BCUT2D eigenvalue weighted by atomic mass is 127. The molecule has 0 aliphatic rings. The molecular weight excluding hydrogens is 336 g/mol. The zero-order chi connectivity index (χ0) is 11.8. The van der Waals surface area contributed by atoms with Crippen molar-refractivity contribution in [3.05, 3.63) is 21.0 Å². The van der Waals surface area contributed by atoms with Crippen molar-refractivity contribution in [2.45, 2.75) is 12.6 Å². The minimum atomic E-state index is -4.88. The maximum Gasteiger partial charge on any atom is 0.420 e. The highest BCUT2D eigenvalue weighted by Crippen LogP contribution is 2.39. The molecule has 0 unspecified atom stereocenters. The molecule has 0 saturated heterocycles. The molecule has 0 atom stereocenters. The molecule has 1 heterocycles. The first-order chi connectivity index (χ1) is 6.73. The number of aromatic nitrogens is 1. The molecule has 0 amide bonds. The van der Waals surface area contributed by atoms with E-state index in [1.807, 2.05) is 0 Å². The van der Waals surface area contributed by atoms with Gasteiger partial charge in [0.25, 0.3) is 6.43 Å². The lowest BCUT2D eigenvalue weighted by Gasteiger charge is -2.11. The number of hydrogen-bond donors (Lipinski definition) is 1. The van der Waals surface area contributed by atoms with Crippen molar-refractivity contribution in [2.24, 2.45) is 0 Å². The van der Waals surface area contributed by atoms with E-state index in [-0.39, 0.29) is 6.07 Å². The summed E-state index contributed by atoms with van der Waals surface area (Å²) in [5.41, 5.74) is -2.51. The normalized spacial score (nSPS) is 12.2. The number of rotatable bonds is 1. The Hall–Kier alpha value is -0.670. The Labute approximate surface area is 94.3 Å². The third-order valence-corrected chi connectivity index (χ3v) is 2.25. The lowest BCUT2D eigenvalue weighted by Crippen LogP contribution is -2.08. The van der Waals surface area contributed by atoms with Gasteiger partial charge in [0.2, 0.25) is 0 Å². The molecule has 0 aliphatic heterocycles. The molecule has 1 aromatic heterocycles. The summed E-state index contributed by atoms with van der Waals surface area (Å²) in [6.07, 6.45) is -7.99. The first-order valence-electron chi connectivity index (χ1n) is 3.48. The summed E-state index contributed by atoms with van der Waals surface area (Å²) in [6.45, 7) is 0. The summed E-state index contributed by atoms with van der Waals surface area (Å²) in [5, 5.41) is 9.00. The van der Waals surface area contributed by atoms with Gasteiger partial charge in [0.05, 0.1) is 0 Å². The lowest BCUT2D eigenvalue weighted by molar-refractivity contribution is -0.139. The monoisotopic (exact) mass is 339 g/mol. The molecule has 0 radical (unpaired) electrons. The zero-order valence-corrected chi connectivity index (χ0v) is 8.97. The quantitative estimate of drug-likeness (QED) is 0.484. The summed E-state index contributed by atoms with van der Waals surface area (Å²) in [5.74, 6) is -1.13. The molecular formula is C7H3F5INO. The Morgan fingerprint density at radius 2 is 1.87 bits per heavy atom. The highest BCUT2D eigenvalue weighted by Gasteiger charge is 2.36. The van der Waals surface area contributed by atoms with Gasteiger partial charge in [0.1, 0.15) is 15.0 Å². The van der Waals surface area contributed by atoms with E-state index in [9.17, 15) is 22.0 Å². The SMILES string of the molecule is Oc1c(C(F)(F)F)cc(C(F)F)nc1I. The minimum absolute atomic E-state index is 0.141. The van der Waals surface area contributed by atoms with E-state index < -0.39 is 33.3 Å². The van der Waals surface area contributed by atoms with Crippen LogP contribution in [0.5, 0.6) is 5.75 Å². The average Bonchev–Trinajstić information content (AvgIpc) is 2.06. The Balaban J connectivity index is 3.38. The van der Waals surface area contributed by atoms with Crippen molar-refractivity contribution >= 4 is 22.6 Å². The number of halogens is 6. The molecule has 0 aromatic carbocycles. The van der Waals surface area contributed by atoms with Gasteiger partial charge in [-0.3, -0.25) is 0 Å². The molecule has 84 valence electrons. The number of alkyl halides is 5. The Morgan fingerprint density at radius 3 is 2.27 bits per heavy atom. The van der Waals surface area contributed by atoms with Crippen LogP contribution in [0.1, 0.15) is 17.7 Å². The van der Waals surface area contributed by atoms with E-state index in [0.29, 0.717) is 0 Å². The van der Waals surface area contributed by atoms with Gasteiger partial charge in [-0.25, -0.2) is 13.8 Å². The Kier molecular flexibility index (Phi) is 3.36. The summed E-state index contributed by atoms with van der Waals surface area (Å²) in [4.78, 5) is 3.13. The fourth-order valence-electron chi connectivity index (χ4n) is 0.854. The van der Waals surface area contributed by atoms with Crippen molar-refractivity contribution < 1.29 is 27.1 Å². The van der Waals surface area contributed by atoms with Crippen molar-refractivity contribution in [1.82, 2.24) is 4.98 Å². The second kappa shape index (κ2) is 4.06. The predicted molar refractivity (Wildman–Crippen MR) is 48.6 cm³/mol. The topological polar surface area (TPSA) is 33.1 Å². The first-order valence-corrected chi connectivity index (χ1v) is 4.56. The van der Waals surface area contributed by atoms with Crippen LogP contribution in [0.2, 0.25) is 0 Å². The average molecular weight is 339 g/mol. The van der Waals surface area contributed by atoms with Crippen LogP contribution in [-0.2, 0) is 6.18 Å². The molecule has 2 nitrogen and oxygen atoms in total. The van der Waals surface area contributed by atoms with Gasteiger partial charge in [0.15, 0.2) is 5.75 Å². The third kappa shape index (κ3) is 2.67. The fraction of sp³-hybridized carbons (Fsp3) is 0.286. The summed E-state index contributed by atoms with van der Waals surface area (Å²) in [6, 6.07) is 0.141. The van der Waals surface area contributed by atoms with Crippen molar-refractivity contribution in [1.29, 1.82) is 0 Å². The Bertz CT molecular complexity index is 378. The second-order valence-electron chi connectivity index (χ2n) is 2.53. The minimum Gasteiger partial charge on any atom is -0.505 e. The van der Waals surface area contributed by atoms with Gasteiger partial charge < -0.3 is 5.11 Å². The van der Waals surface area contributed by atoms with E-state index in [0.717, 1.165) is 0 Å². The maximum atomic E-state index is 12.2. The van der Waals surface area contributed by atoms with Crippen LogP contribution >= 0.6 is 22.6 Å². The molecule has 1 N–H and O–H groups in total. The molecule has 1 rings (SSSR count). The van der Waals surface area contributed by atoms with E-state index in [2.05, 4.69) is 4.98 Å². The van der Waals surface area contributed by atoms with Crippen molar-refractivity contribution in [3.8, 4) is 5.75 Å². The molecule has 8 heteroatoms. The molecule has 0 fully saturated rings. The fourth-order valence-corrected chi connectivity index (χ4v) is 1.42. The van der Waals surface area contributed by atoms with Crippen molar-refractivity contribution in [3.63, 3.8) is 0 Å². The summed E-state index contributed by atoms with van der Waals surface area (Å²) >= 11 is 1.25.